The van der Waals surface area contributed by atoms with Crippen molar-refractivity contribution in [1.82, 2.24) is 10.3 Å². The zero-order valence-electron chi connectivity index (χ0n) is 12.8. The number of rotatable bonds is 8. The number of hydrogen-bond acceptors (Lipinski definition) is 3. The summed E-state index contributed by atoms with van der Waals surface area (Å²) in [7, 11) is 0. The van der Waals surface area contributed by atoms with Crippen LogP contribution in [0.5, 0.6) is 0 Å². The molecule has 2 nitrogen and oxygen atoms in total. The van der Waals surface area contributed by atoms with Crippen LogP contribution in [0.4, 0.5) is 0 Å². The molecule has 0 atom stereocenters. The van der Waals surface area contributed by atoms with Gasteiger partial charge in [-0.2, -0.15) is 0 Å². The van der Waals surface area contributed by atoms with Crippen molar-refractivity contribution in [3.8, 4) is 11.3 Å². The Morgan fingerprint density at radius 2 is 2.00 bits per heavy atom. The minimum atomic E-state index is 0.908. The number of aromatic nitrogens is 1. The maximum Gasteiger partial charge on any atom is 0.0938 e. The Hall–Kier alpha value is -1.19. The molecule has 21 heavy (non-hydrogen) atoms. The molecule has 112 valence electrons. The van der Waals surface area contributed by atoms with Crippen molar-refractivity contribution in [3.05, 3.63) is 40.2 Å². The lowest BCUT2D eigenvalue weighted by molar-refractivity contribution is 0.674. The van der Waals surface area contributed by atoms with E-state index < -0.39 is 0 Å². The van der Waals surface area contributed by atoms with Crippen LogP contribution in [0, 0.1) is 5.92 Å². The van der Waals surface area contributed by atoms with Crippen LogP contribution >= 0.6 is 11.3 Å². The fraction of sp³-hybridized carbons (Fsp3) is 0.500. The van der Waals surface area contributed by atoms with Gasteiger partial charge in [0.1, 0.15) is 0 Å². The Bertz CT molecular complexity index is 558. The van der Waals surface area contributed by atoms with E-state index in [4.69, 9.17) is 4.98 Å². The zero-order chi connectivity index (χ0) is 14.5. The van der Waals surface area contributed by atoms with Crippen molar-refractivity contribution in [2.45, 2.75) is 39.0 Å². The van der Waals surface area contributed by atoms with Gasteiger partial charge >= 0.3 is 0 Å². The molecule has 1 aromatic heterocycles. The number of benzene rings is 1. The van der Waals surface area contributed by atoms with Crippen molar-refractivity contribution in [2.24, 2.45) is 5.92 Å². The van der Waals surface area contributed by atoms with Gasteiger partial charge < -0.3 is 5.32 Å². The van der Waals surface area contributed by atoms with E-state index in [2.05, 4.69) is 42.6 Å². The second kappa shape index (κ2) is 7.19. The molecule has 1 saturated carbocycles. The fourth-order valence-electron chi connectivity index (χ4n) is 2.55. The highest BCUT2D eigenvalue weighted by Gasteiger charge is 2.24. The lowest BCUT2D eigenvalue weighted by Crippen LogP contribution is -2.17. The molecule has 1 heterocycles. The Kier molecular flexibility index (Phi) is 5.04. The second-order valence-corrected chi connectivity index (χ2v) is 7.06. The average molecular weight is 300 g/mol. The molecule has 1 aliphatic rings. The Morgan fingerprint density at radius 1 is 1.19 bits per heavy atom. The first kappa shape index (κ1) is 14.7. The maximum atomic E-state index is 4.95. The Balaban J connectivity index is 1.76. The Morgan fingerprint density at radius 3 is 2.71 bits per heavy atom. The van der Waals surface area contributed by atoms with Gasteiger partial charge in [-0.3, -0.25) is 0 Å². The van der Waals surface area contributed by atoms with E-state index in [1.165, 1.54) is 46.8 Å². The summed E-state index contributed by atoms with van der Waals surface area (Å²) in [5.74, 6) is 0.908. The summed E-state index contributed by atoms with van der Waals surface area (Å²) in [6.45, 7) is 4.37. The number of nitrogens with one attached hydrogen (secondary N) is 1. The van der Waals surface area contributed by atoms with Crippen LogP contribution < -0.4 is 5.32 Å². The van der Waals surface area contributed by atoms with Crippen LogP contribution in [0.3, 0.4) is 0 Å². The molecule has 0 aliphatic heterocycles. The normalized spacial score (nSPS) is 14.5. The van der Waals surface area contributed by atoms with Crippen molar-refractivity contribution >= 4 is 11.3 Å². The summed E-state index contributed by atoms with van der Waals surface area (Å²) in [5, 5.41) is 4.84. The summed E-state index contributed by atoms with van der Waals surface area (Å²) in [6.07, 6.45) is 6.27. The Labute approximate surface area is 131 Å². The second-order valence-electron chi connectivity index (χ2n) is 5.89. The van der Waals surface area contributed by atoms with E-state index in [9.17, 15) is 0 Å². The molecule has 0 radical (unpaired) electrons. The molecule has 0 saturated heterocycles. The topological polar surface area (TPSA) is 24.9 Å². The molecule has 0 unspecified atom stereocenters. The first-order chi connectivity index (χ1) is 10.4. The van der Waals surface area contributed by atoms with E-state index in [1.807, 2.05) is 11.3 Å². The van der Waals surface area contributed by atoms with Crippen LogP contribution in [0.2, 0.25) is 0 Å². The van der Waals surface area contributed by atoms with Crippen LogP contribution in [0.1, 0.15) is 36.1 Å². The van der Waals surface area contributed by atoms with E-state index in [0.29, 0.717) is 0 Å². The molecule has 0 spiro atoms. The minimum Gasteiger partial charge on any atom is -0.316 e. The van der Waals surface area contributed by atoms with Gasteiger partial charge in [0.25, 0.3) is 0 Å². The maximum absolute atomic E-state index is 4.95. The van der Waals surface area contributed by atoms with E-state index in [-0.39, 0.29) is 0 Å². The molecular formula is C18H24N2S. The predicted octanol–water partition coefficient (Wildman–Crippen LogP) is 4.30. The minimum absolute atomic E-state index is 0.908. The van der Waals surface area contributed by atoms with Crippen LogP contribution in [0.25, 0.3) is 11.3 Å². The quantitative estimate of drug-likeness (QED) is 0.735. The predicted molar refractivity (Wildman–Crippen MR) is 90.8 cm³/mol. The third-order valence-electron chi connectivity index (χ3n) is 3.90. The number of thiazole rings is 1. The molecule has 0 amide bonds. The van der Waals surface area contributed by atoms with Gasteiger partial charge in [-0.25, -0.2) is 4.98 Å². The van der Waals surface area contributed by atoms with Crippen LogP contribution in [-0.4, -0.2) is 18.1 Å². The van der Waals surface area contributed by atoms with Gasteiger partial charge in [0.05, 0.1) is 10.7 Å². The highest BCUT2D eigenvalue weighted by atomic mass is 32.1. The molecule has 2 aromatic rings. The summed E-state index contributed by atoms with van der Waals surface area (Å²) in [4.78, 5) is 6.40. The highest BCUT2D eigenvalue weighted by Crippen LogP contribution is 2.36. The fourth-order valence-corrected chi connectivity index (χ4v) is 3.76. The molecule has 3 rings (SSSR count). The van der Waals surface area contributed by atoms with E-state index in [0.717, 1.165) is 25.4 Å². The van der Waals surface area contributed by atoms with Gasteiger partial charge in [-0.05, 0) is 38.1 Å². The van der Waals surface area contributed by atoms with Gasteiger partial charge in [0, 0.05) is 23.4 Å². The first-order valence-corrected chi connectivity index (χ1v) is 8.93. The monoisotopic (exact) mass is 300 g/mol. The zero-order valence-corrected chi connectivity index (χ0v) is 13.6. The summed E-state index contributed by atoms with van der Waals surface area (Å²) >= 11 is 1.93. The van der Waals surface area contributed by atoms with Gasteiger partial charge in [0.2, 0.25) is 0 Å². The lowest BCUT2D eigenvalue weighted by Gasteiger charge is -2.04. The summed E-state index contributed by atoms with van der Waals surface area (Å²) in [6, 6.07) is 10.6. The van der Waals surface area contributed by atoms with E-state index >= 15 is 0 Å². The van der Waals surface area contributed by atoms with Crippen molar-refractivity contribution in [2.75, 3.05) is 13.1 Å². The largest absolute Gasteiger partial charge is 0.316 e. The molecule has 3 heteroatoms. The summed E-state index contributed by atoms with van der Waals surface area (Å²) < 4.78 is 0. The average Bonchev–Trinajstić information content (AvgIpc) is 3.23. The van der Waals surface area contributed by atoms with Crippen molar-refractivity contribution in [1.29, 1.82) is 0 Å². The highest BCUT2D eigenvalue weighted by molar-refractivity contribution is 7.12. The first-order valence-electron chi connectivity index (χ1n) is 8.11. The standard InChI is InChI=1S/C18H24N2S/c1-2-11-19-12-10-16-18(15-6-4-3-5-7-15)20-17(21-16)13-14-8-9-14/h3-7,14,19H,2,8-13H2,1H3. The van der Waals surface area contributed by atoms with Gasteiger partial charge in [-0.15, -0.1) is 11.3 Å². The molecule has 0 bridgehead atoms. The van der Waals surface area contributed by atoms with Crippen molar-refractivity contribution < 1.29 is 0 Å². The molecule has 1 aromatic carbocycles. The van der Waals surface area contributed by atoms with Crippen molar-refractivity contribution in [3.63, 3.8) is 0 Å². The molecule has 1 fully saturated rings. The van der Waals surface area contributed by atoms with Crippen LogP contribution in [-0.2, 0) is 12.8 Å². The lowest BCUT2D eigenvalue weighted by atomic mass is 10.1. The van der Waals surface area contributed by atoms with Gasteiger partial charge in [-0.1, -0.05) is 37.3 Å². The molecule has 1 aliphatic carbocycles. The summed E-state index contributed by atoms with van der Waals surface area (Å²) in [5.41, 5.74) is 2.48. The number of nitrogens with zero attached hydrogens (tertiary/aromatic N) is 1. The SMILES string of the molecule is CCCNCCc1sc(CC2CC2)nc1-c1ccccc1. The molecule has 1 N–H and O–H groups in total. The van der Waals surface area contributed by atoms with E-state index in [1.54, 1.807) is 0 Å². The number of hydrogen-bond donors (Lipinski definition) is 1. The third-order valence-corrected chi connectivity index (χ3v) is 5.04. The third kappa shape index (κ3) is 4.14. The molecular weight excluding hydrogens is 276 g/mol. The smallest absolute Gasteiger partial charge is 0.0938 e. The van der Waals surface area contributed by atoms with Crippen LogP contribution in [0.15, 0.2) is 30.3 Å². The van der Waals surface area contributed by atoms with Gasteiger partial charge in [0.15, 0.2) is 0 Å².